The van der Waals surface area contributed by atoms with Crippen LogP contribution in [-0.4, -0.2) is 20.2 Å². The van der Waals surface area contributed by atoms with Crippen LogP contribution in [0.1, 0.15) is 98.3 Å². The van der Waals surface area contributed by atoms with Gasteiger partial charge >= 0.3 is 0 Å². The van der Waals surface area contributed by atoms with Gasteiger partial charge in [-0.3, -0.25) is 4.79 Å². The molecule has 1 rings (SSSR count). The summed E-state index contributed by atoms with van der Waals surface area (Å²) in [4.78, 5) is 11.7. The molecule has 0 N–H and O–H groups in total. The molecule has 0 bridgehead atoms. The van der Waals surface area contributed by atoms with Crippen LogP contribution in [0.2, 0.25) is 18.1 Å². The van der Waals surface area contributed by atoms with Crippen molar-refractivity contribution in [1.29, 1.82) is 0 Å². The van der Waals surface area contributed by atoms with E-state index in [9.17, 15) is 4.79 Å². The molecule has 0 aromatic carbocycles. The van der Waals surface area contributed by atoms with Gasteiger partial charge in [-0.1, -0.05) is 78.4 Å². The van der Waals surface area contributed by atoms with Gasteiger partial charge in [0.05, 0.1) is 6.10 Å². The third-order valence-electron chi connectivity index (χ3n) is 6.21. The van der Waals surface area contributed by atoms with Gasteiger partial charge in [0.1, 0.15) is 5.78 Å². The lowest BCUT2D eigenvalue weighted by atomic mass is 9.88. The highest BCUT2D eigenvalue weighted by Crippen LogP contribution is 2.38. The zero-order valence-electron chi connectivity index (χ0n) is 18.4. The van der Waals surface area contributed by atoms with Crippen molar-refractivity contribution in [3.8, 4) is 0 Å². The van der Waals surface area contributed by atoms with Crippen LogP contribution in [0.25, 0.3) is 0 Å². The van der Waals surface area contributed by atoms with Crippen molar-refractivity contribution in [2.24, 2.45) is 5.92 Å². The molecule has 0 heterocycles. The van der Waals surface area contributed by atoms with E-state index in [0.717, 1.165) is 32.1 Å². The van der Waals surface area contributed by atoms with Crippen LogP contribution in [0.5, 0.6) is 0 Å². The fourth-order valence-corrected chi connectivity index (χ4v) is 4.69. The molecule has 0 amide bonds. The molecule has 0 aliphatic heterocycles. The van der Waals surface area contributed by atoms with E-state index in [0.29, 0.717) is 11.7 Å². The average Bonchev–Trinajstić information content (AvgIpc) is 2.54. The third kappa shape index (κ3) is 8.99. The van der Waals surface area contributed by atoms with E-state index in [1.54, 1.807) is 0 Å². The number of rotatable bonds is 11. The maximum atomic E-state index is 11.7. The van der Waals surface area contributed by atoms with Crippen molar-refractivity contribution in [2.75, 3.05) is 0 Å². The Kier molecular flexibility index (Phi) is 10.4. The standard InChI is InChI=1S/C23H44O2Si/c1-7-8-9-10-11-12-16-22(25-26(5,6)23(2,3)4)18-17-20-14-13-15-21(24)19-20/h17-18,20,22H,7-16,19H2,1-6H3/b18-17+. The summed E-state index contributed by atoms with van der Waals surface area (Å²) in [6, 6.07) is 0. The second-order valence-corrected chi connectivity index (χ2v) is 14.5. The molecule has 1 fully saturated rings. The summed E-state index contributed by atoms with van der Waals surface area (Å²) in [5.74, 6) is 0.870. The van der Waals surface area contributed by atoms with Crippen molar-refractivity contribution in [1.82, 2.24) is 0 Å². The molecular weight excluding hydrogens is 336 g/mol. The van der Waals surface area contributed by atoms with Crippen LogP contribution in [0.15, 0.2) is 12.2 Å². The number of unbranched alkanes of at least 4 members (excludes halogenated alkanes) is 5. The maximum absolute atomic E-state index is 11.7. The van der Waals surface area contributed by atoms with Crippen LogP contribution in [0.3, 0.4) is 0 Å². The zero-order valence-corrected chi connectivity index (χ0v) is 19.4. The van der Waals surface area contributed by atoms with Gasteiger partial charge in [0.15, 0.2) is 8.32 Å². The molecule has 3 heteroatoms. The predicted octanol–water partition coefficient (Wildman–Crippen LogP) is 7.44. The SMILES string of the molecule is CCCCCCCCC(/C=C/C1CCCC(=O)C1)O[Si](C)(C)C(C)(C)C. The third-order valence-corrected chi connectivity index (χ3v) is 10.7. The van der Waals surface area contributed by atoms with E-state index in [1.165, 1.54) is 38.5 Å². The number of hydrogen-bond acceptors (Lipinski definition) is 2. The number of carbonyl (C=O) groups excluding carboxylic acids is 1. The predicted molar refractivity (Wildman–Crippen MR) is 116 cm³/mol. The van der Waals surface area contributed by atoms with Gasteiger partial charge in [0, 0.05) is 12.8 Å². The number of ketones is 1. The van der Waals surface area contributed by atoms with Gasteiger partial charge in [-0.2, -0.15) is 0 Å². The van der Waals surface area contributed by atoms with Crippen molar-refractivity contribution in [3.05, 3.63) is 12.2 Å². The van der Waals surface area contributed by atoms with Gasteiger partial charge in [0.25, 0.3) is 0 Å². The Labute approximate surface area is 164 Å². The van der Waals surface area contributed by atoms with E-state index >= 15 is 0 Å². The average molecular weight is 381 g/mol. The highest BCUT2D eigenvalue weighted by atomic mass is 28.4. The number of carbonyl (C=O) groups is 1. The topological polar surface area (TPSA) is 26.3 Å². The van der Waals surface area contributed by atoms with Crippen LogP contribution in [0.4, 0.5) is 0 Å². The second kappa shape index (κ2) is 11.4. The van der Waals surface area contributed by atoms with Gasteiger partial charge in [-0.15, -0.1) is 0 Å². The summed E-state index contributed by atoms with van der Waals surface area (Å²) >= 11 is 0. The van der Waals surface area contributed by atoms with E-state index in [2.05, 4.69) is 52.9 Å². The van der Waals surface area contributed by atoms with Crippen LogP contribution >= 0.6 is 0 Å². The Morgan fingerprint density at radius 1 is 1.15 bits per heavy atom. The molecule has 152 valence electrons. The Bertz CT molecular complexity index is 434. The first kappa shape index (κ1) is 23.6. The molecule has 26 heavy (non-hydrogen) atoms. The minimum absolute atomic E-state index is 0.221. The van der Waals surface area contributed by atoms with E-state index in [-0.39, 0.29) is 11.1 Å². The number of allylic oxidation sites excluding steroid dienone is 1. The first-order valence-corrected chi connectivity index (χ1v) is 13.9. The second-order valence-electron chi connectivity index (χ2n) is 9.75. The zero-order chi connectivity index (χ0) is 19.6. The molecule has 2 nitrogen and oxygen atoms in total. The minimum atomic E-state index is -1.77. The lowest BCUT2D eigenvalue weighted by Gasteiger charge is -2.39. The monoisotopic (exact) mass is 380 g/mol. The van der Waals surface area contributed by atoms with E-state index in [1.807, 2.05) is 0 Å². The Morgan fingerprint density at radius 3 is 2.42 bits per heavy atom. The van der Waals surface area contributed by atoms with Gasteiger partial charge in [-0.25, -0.2) is 0 Å². The molecule has 0 spiro atoms. The quantitative estimate of drug-likeness (QED) is 0.211. The molecule has 0 aromatic rings. The van der Waals surface area contributed by atoms with Crippen molar-refractivity contribution in [2.45, 2.75) is 123 Å². The van der Waals surface area contributed by atoms with Crippen LogP contribution in [0, 0.1) is 5.92 Å². The smallest absolute Gasteiger partial charge is 0.192 e. The highest BCUT2D eigenvalue weighted by molar-refractivity contribution is 6.74. The molecule has 0 saturated heterocycles. The van der Waals surface area contributed by atoms with Crippen molar-refractivity contribution < 1.29 is 9.22 Å². The normalized spacial score (nSPS) is 20.7. The lowest BCUT2D eigenvalue weighted by Crippen LogP contribution is -2.43. The molecule has 2 atom stereocenters. The van der Waals surface area contributed by atoms with Gasteiger partial charge < -0.3 is 4.43 Å². The molecule has 0 radical (unpaired) electrons. The van der Waals surface area contributed by atoms with Gasteiger partial charge in [-0.05, 0) is 43.3 Å². The summed E-state index contributed by atoms with van der Waals surface area (Å²) in [7, 11) is -1.77. The Morgan fingerprint density at radius 2 is 1.81 bits per heavy atom. The summed E-state index contributed by atoms with van der Waals surface area (Å²) < 4.78 is 6.72. The number of hydrogen-bond donors (Lipinski definition) is 0. The molecule has 1 aliphatic carbocycles. The molecule has 0 aromatic heterocycles. The molecule has 1 aliphatic rings. The summed E-state index contributed by atoms with van der Waals surface area (Å²) in [5.41, 5.74) is 0. The summed E-state index contributed by atoms with van der Waals surface area (Å²) in [5, 5.41) is 0.237. The van der Waals surface area contributed by atoms with Crippen molar-refractivity contribution in [3.63, 3.8) is 0 Å². The molecule has 2 unspecified atom stereocenters. The van der Waals surface area contributed by atoms with Crippen LogP contribution < -0.4 is 0 Å². The van der Waals surface area contributed by atoms with E-state index < -0.39 is 8.32 Å². The van der Waals surface area contributed by atoms with E-state index in [4.69, 9.17) is 4.43 Å². The number of Topliss-reactive ketones (excluding diaryl/α,β-unsaturated/α-hetero) is 1. The Balaban J connectivity index is 2.60. The summed E-state index contributed by atoms with van der Waals surface area (Å²) in [6.45, 7) is 13.9. The Hall–Kier alpha value is -0.413. The largest absolute Gasteiger partial charge is 0.411 e. The summed E-state index contributed by atoms with van der Waals surface area (Å²) in [6.07, 6.45) is 17.6. The highest BCUT2D eigenvalue weighted by Gasteiger charge is 2.38. The van der Waals surface area contributed by atoms with Crippen molar-refractivity contribution >= 4 is 14.1 Å². The first-order valence-electron chi connectivity index (χ1n) is 11.0. The fourth-order valence-electron chi connectivity index (χ4n) is 3.38. The minimum Gasteiger partial charge on any atom is -0.411 e. The van der Waals surface area contributed by atoms with Crippen LogP contribution in [-0.2, 0) is 9.22 Å². The maximum Gasteiger partial charge on any atom is 0.192 e. The molecular formula is C23H44O2Si. The fraction of sp³-hybridized carbons (Fsp3) is 0.870. The molecule has 1 saturated carbocycles. The first-order chi connectivity index (χ1) is 12.2. The lowest BCUT2D eigenvalue weighted by molar-refractivity contribution is -0.121. The van der Waals surface area contributed by atoms with Gasteiger partial charge in [0.2, 0.25) is 0 Å².